The molecule has 0 saturated carbocycles. The van der Waals surface area contributed by atoms with Gasteiger partial charge in [-0.05, 0) is 99.8 Å². The van der Waals surface area contributed by atoms with Gasteiger partial charge in [0.2, 0.25) is 0 Å². The number of halogens is 1. The Kier molecular flexibility index (Phi) is 8.26. The van der Waals surface area contributed by atoms with Gasteiger partial charge in [0.1, 0.15) is 5.82 Å². The van der Waals surface area contributed by atoms with Crippen molar-refractivity contribution in [3.63, 3.8) is 0 Å². The van der Waals surface area contributed by atoms with Crippen LogP contribution >= 0.6 is 0 Å². The van der Waals surface area contributed by atoms with Crippen LogP contribution in [0.25, 0.3) is 38.3 Å². The van der Waals surface area contributed by atoms with Crippen LogP contribution in [0, 0.1) is 5.82 Å². The minimum absolute atomic E-state index is 0.253. The maximum atomic E-state index is 14.2. The summed E-state index contributed by atoms with van der Waals surface area (Å²) in [5.41, 5.74) is 10.4. The van der Waals surface area contributed by atoms with Crippen LogP contribution in [-0.4, -0.2) is 4.57 Å². The zero-order valence-electron chi connectivity index (χ0n) is 30.6. The number of hydrogen-bond donors (Lipinski definition) is 0. The highest BCUT2D eigenvalue weighted by Gasteiger charge is 2.38. The Hall–Kier alpha value is -7.23. The summed E-state index contributed by atoms with van der Waals surface area (Å²) >= 11 is 0. The number of aromatic nitrogens is 1. The molecule has 0 saturated heterocycles. The molecule has 10 rings (SSSR count). The molecule has 0 aliphatic rings. The van der Waals surface area contributed by atoms with E-state index in [-0.39, 0.29) is 5.82 Å². The molecule has 0 bridgehead atoms. The molecule has 266 valence electrons. The van der Waals surface area contributed by atoms with Crippen LogP contribution in [0.3, 0.4) is 0 Å². The van der Waals surface area contributed by atoms with Gasteiger partial charge in [-0.15, -0.1) is 0 Å². The first-order valence-electron chi connectivity index (χ1n) is 19.0. The minimum Gasteiger partial charge on any atom is -0.310 e. The molecule has 0 aliphatic heterocycles. The molecule has 1 aromatic heterocycles. The van der Waals surface area contributed by atoms with E-state index in [1.807, 2.05) is 12.1 Å². The van der Waals surface area contributed by atoms with Gasteiger partial charge >= 0.3 is 0 Å². The van der Waals surface area contributed by atoms with Crippen molar-refractivity contribution in [3.8, 4) is 5.69 Å². The number of para-hydroxylation sites is 1. The van der Waals surface area contributed by atoms with E-state index >= 15 is 0 Å². The number of nitrogens with zero attached hydrogens (tertiary/aromatic N) is 2. The second kappa shape index (κ2) is 13.9. The fourth-order valence-corrected chi connectivity index (χ4v) is 8.65. The highest BCUT2D eigenvalue weighted by molar-refractivity contribution is 6.10. The monoisotopic (exact) mass is 720 g/mol. The lowest BCUT2D eigenvalue weighted by Crippen LogP contribution is -2.31. The minimum atomic E-state index is -0.551. The molecular weight excluding hydrogens is 684 g/mol. The summed E-state index contributed by atoms with van der Waals surface area (Å²) in [4.78, 5) is 2.34. The maximum absolute atomic E-state index is 14.2. The van der Waals surface area contributed by atoms with Crippen LogP contribution in [0.5, 0.6) is 0 Å². The molecule has 2 nitrogen and oxygen atoms in total. The fourth-order valence-electron chi connectivity index (χ4n) is 8.65. The topological polar surface area (TPSA) is 8.17 Å². The molecular formula is C53H37FN2. The third-order valence-corrected chi connectivity index (χ3v) is 11.2. The van der Waals surface area contributed by atoms with E-state index < -0.39 is 5.41 Å². The Morgan fingerprint density at radius 2 is 0.839 bits per heavy atom. The first-order chi connectivity index (χ1) is 27.7. The summed E-state index contributed by atoms with van der Waals surface area (Å²) in [5.74, 6) is -0.253. The zero-order valence-corrected chi connectivity index (χ0v) is 30.6. The van der Waals surface area contributed by atoms with Crippen molar-refractivity contribution in [2.45, 2.75) is 5.41 Å². The van der Waals surface area contributed by atoms with Crippen molar-refractivity contribution in [1.82, 2.24) is 4.57 Å². The Bertz CT molecular complexity index is 2860. The van der Waals surface area contributed by atoms with Crippen LogP contribution in [0.2, 0.25) is 0 Å². The van der Waals surface area contributed by atoms with Gasteiger partial charge in [-0.3, -0.25) is 0 Å². The average Bonchev–Trinajstić information content (AvgIpc) is 3.59. The number of rotatable bonds is 8. The number of hydrogen-bond acceptors (Lipinski definition) is 1. The molecule has 1 heterocycles. The molecule has 10 aromatic rings. The van der Waals surface area contributed by atoms with Crippen LogP contribution < -0.4 is 4.90 Å². The van der Waals surface area contributed by atoms with Gasteiger partial charge in [0, 0.05) is 33.5 Å². The second-order valence-corrected chi connectivity index (χ2v) is 14.3. The van der Waals surface area contributed by atoms with E-state index in [1.54, 1.807) is 0 Å². The predicted octanol–water partition coefficient (Wildman–Crippen LogP) is 13.9. The van der Waals surface area contributed by atoms with Crippen LogP contribution in [0.1, 0.15) is 22.3 Å². The third kappa shape index (κ3) is 5.56. The third-order valence-electron chi connectivity index (χ3n) is 11.2. The summed E-state index contributed by atoms with van der Waals surface area (Å²) in [5, 5.41) is 4.65. The van der Waals surface area contributed by atoms with Crippen molar-refractivity contribution >= 4 is 49.6 Å². The van der Waals surface area contributed by atoms with E-state index in [1.165, 1.54) is 45.2 Å². The predicted molar refractivity (Wildman–Crippen MR) is 231 cm³/mol. The van der Waals surface area contributed by atoms with Gasteiger partial charge in [0.05, 0.1) is 16.4 Å². The van der Waals surface area contributed by atoms with Crippen LogP contribution in [0.15, 0.2) is 224 Å². The fraction of sp³-hybridized carbons (Fsp3) is 0.0189. The second-order valence-electron chi connectivity index (χ2n) is 14.3. The van der Waals surface area contributed by atoms with Crippen LogP contribution in [-0.2, 0) is 5.41 Å². The molecule has 0 atom stereocenters. The van der Waals surface area contributed by atoms with Gasteiger partial charge in [0.25, 0.3) is 0 Å². The summed E-state index contributed by atoms with van der Waals surface area (Å²) in [6.45, 7) is 0. The summed E-state index contributed by atoms with van der Waals surface area (Å²) in [7, 11) is 0. The van der Waals surface area contributed by atoms with Crippen molar-refractivity contribution in [2.75, 3.05) is 4.90 Å². The van der Waals surface area contributed by atoms with Gasteiger partial charge in [-0.25, -0.2) is 4.39 Å². The van der Waals surface area contributed by atoms with E-state index in [0.29, 0.717) is 0 Å². The molecule has 3 heteroatoms. The smallest absolute Gasteiger partial charge is 0.123 e. The molecule has 0 spiro atoms. The maximum Gasteiger partial charge on any atom is 0.123 e. The first-order valence-corrected chi connectivity index (χ1v) is 19.0. The number of fused-ring (bicyclic) bond motifs is 4. The Balaban J connectivity index is 1.20. The van der Waals surface area contributed by atoms with Gasteiger partial charge < -0.3 is 9.47 Å². The standard InChI is InChI=1S/C53H37FN2/c54-44-27-32-46(33-28-44)56-51-23-13-12-22-49(51)50-35-34-48(37-52(50)56)55(47-29-24-38-14-10-11-15-39(38)36-47)45-30-25-43(26-31-45)53(40-16-4-1-5-17-40,41-18-6-2-7-19-41)42-20-8-3-9-21-42/h1-37H. The molecule has 0 unspecified atom stereocenters. The van der Waals surface area contributed by atoms with Gasteiger partial charge in [-0.1, -0.05) is 158 Å². The molecule has 0 fully saturated rings. The van der Waals surface area contributed by atoms with E-state index in [9.17, 15) is 4.39 Å². The van der Waals surface area contributed by atoms with Crippen LogP contribution in [0.4, 0.5) is 21.5 Å². The quantitative estimate of drug-likeness (QED) is 0.142. The molecule has 0 amide bonds. The number of anilines is 3. The van der Waals surface area contributed by atoms with Gasteiger partial charge in [-0.2, -0.15) is 0 Å². The lowest BCUT2D eigenvalue weighted by molar-refractivity contribution is 0.627. The van der Waals surface area contributed by atoms with E-state index in [4.69, 9.17) is 0 Å². The average molecular weight is 721 g/mol. The Labute approximate surface area is 326 Å². The SMILES string of the molecule is Fc1ccc(-n2c3ccccc3c3ccc(N(c4ccc(C(c5ccccc5)(c5ccccc5)c5ccccc5)cc4)c4ccc5ccccc5c4)cc32)cc1. The van der Waals surface area contributed by atoms with Crippen molar-refractivity contribution in [3.05, 3.63) is 253 Å². The Morgan fingerprint density at radius 1 is 0.357 bits per heavy atom. The summed E-state index contributed by atoms with van der Waals surface area (Å²) in [6, 6.07) is 78.7. The summed E-state index contributed by atoms with van der Waals surface area (Å²) < 4.78 is 16.4. The molecule has 9 aromatic carbocycles. The number of benzene rings is 9. The van der Waals surface area contributed by atoms with Gasteiger partial charge in [0.15, 0.2) is 0 Å². The lowest BCUT2D eigenvalue weighted by atomic mass is 9.65. The largest absolute Gasteiger partial charge is 0.310 e. The zero-order chi connectivity index (χ0) is 37.5. The Morgan fingerprint density at radius 3 is 1.48 bits per heavy atom. The van der Waals surface area contributed by atoms with Crippen molar-refractivity contribution < 1.29 is 4.39 Å². The van der Waals surface area contributed by atoms with Crippen molar-refractivity contribution in [1.29, 1.82) is 0 Å². The first kappa shape index (κ1) is 33.3. The molecule has 0 N–H and O–H groups in total. The normalized spacial score (nSPS) is 11.7. The molecule has 0 radical (unpaired) electrons. The lowest BCUT2D eigenvalue weighted by Gasteiger charge is -2.37. The molecule has 56 heavy (non-hydrogen) atoms. The summed E-state index contributed by atoms with van der Waals surface area (Å²) in [6.07, 6.45) is 0. The van der Waals surface area contributed by atoms with E-state index in [2.05, 4.69) is 210 Å². The molecule has 0 aliphatic carbocycles. The highest BCUT2D eigenvalue weighted by atomic mass is 19.1. The van der Waals surface area contributed by atoms with Crippen molar-refractivity contribution in [2.24, 2.45) is 0 Å². The highest BCUT2D eigenvalue weighted by Crippen LogP contribution is 2.47. The van der Waals surface area contributed by atoms with E-state index in [0.717, 1.165) is 44.6 Å².